The van der Waals surface area contributed by atoms with Gasteiger partial charge in [-0.05, 0) is 32.0 Å². The van der Waals surface area contributed by atoms with Gasteiger partial charge in [-0.25, -0.2) is 4.79 Å². The molecule has 0 amide bonds. The lowest BCUT2D eigenvalue weighted by Crippen LogP contribution is -2.06. The number of ether oxygens (including phenoxy) is 1. The molecule has 2 aromatic carbocycles. The van der Waals surface area contributed by atoms with Crippen LogP contribution in [0, 0.1) is 13.8 Å². The average Bonchev–Trinajstić information content (AvgIpc) is 3.23. The lowest BCUT2D eigenvalue weighted by Gasteiger charge is -2.05. The highest BCUT2D eigenvalue weighted by atomic mass is 16.5. The quantitative estimate of drug-likeness (QED) is 0.507. The molecule has 0 radical (unpaired) electrons. The minimum absolute atomic E-state index is 0.118. The SMILES string of the molecule is Cc1noc(C)c1COC(=O)c1ccc2noc(-c3ccccc3)c2c1. The van der Waals surface area contributed by atoms with Gasteiger partial charge < -0.3 is 13.8 Å². The molecule has 4 aromatic rings. The molecule has 2 aromatic heterocycles. The Bertz CT molecular complexity index is 1060. The van der Waals surface area contributed by atoms with E-state index in [1.165, 1.54) is 0 Å². The maximum atomic E-state index is 12.5. The molecule has 0 saturated heterocycles. The number of hydrogen-bond acceptors (Lipinski definition) is 6. The maximum Gasteiger partial charge on any atom is 0.338 e. The van der Waals surface area contributed by atoms with Gasteiger partial charge in [-0.3, -0.25) is 0 Å². The summed E-state index contributed by atoms with van der Waals surface area (Å²) in [5, 5.41) is 8.68. The Balaban J connectivity index is 1.61. The molecule has 6 nitrogen and oxygen atoms in total. The zero-order valence-electron chi connectivity index (χ0n) is 14.4. The summed E-state index contributed by atoms with van der Waals surface area (Å²) in [7, 11) is 0. The number of fused-ring (bicyclic) bond motifs is 1. The molecule has 0 spiro atoms. The average molecular weight is 348 g/mol. The number of aryl methyl sites for hydroxylation is 2. The molecular weight excluding hydrogens is 332 g/mol. The zero-order valence-corrected chi connectivity index (χ0v) is 14.4. The molecule has 0 fully saturated rings. The Morgan fingerprint density at radius 1 is 1.04 bits per heavy atom. The Labute approximate surface area is 149 Å². The third-order valence-electron chi connectivity index (χ3n) is 4.28. The topological polar surface area (TPSA) is 78.4 Å². The fourth-order valence-electron chi connectivity index (χ4n) is 2.80. The second kappa shape index (κ2) is 6.48. The Kier molecular flexibility index (Phi) is 4.01. The van der Waals surface area contributed by atoms with Crippen molar-refractivity contribution >= 4 is 16.9 Å². The fraction of sp³-hybridized carbons (Fsp3) is 0.150. The monoisotopic (exact) mass is 348 g/mol. The molecule has 2 heterocycles. The predicted molar refractivity (Wildman–Crippen MR) is 94.5 cm³/mol. The minimum Gasteiger partial charge on any atom is -0.457 e. The van der Waals surface area contributed by atoms with Crippen LogP contribution in [-0.4, -0.2) is 16.3 Å². The van der Waals surface area contributed by atoms with Crippen molar-refractivity contribution in [1.29, 1.82) is 0 Å². The summed E-state index contributed by atoms with van der Waals surface area (Å²) < 4.78 is 16.0. The van der Waals surface area contributed by atoms with E-state index in [1.54, 1.807) is 25.1 Å². The van der Waals surface area contributed by atoms with E-state index in [4.69, 9.17) is 13.8 Å². The Morgan fingerprint density at radius 2 is 1.85 bits per heavy atom. The third-order valence-corrected chi connectivity index (χ3v) is 4.28. The van der Waals surface area contributed by atoms with Gasteiger partial charge in [-0.2, -0.15) is 0 Å². The second-order valence-electron chi connectivity index (χ2n) is 5.99. The van der Waals surface area contributed by atoms with E-state index < -0.39 is 5.97 Å². The largest absolute Gasteiger partial charge is 0.457 e. The first-order chi connectivity index (χ1) is 12.6. The number of esters is 1. The summed E-state index contributed by atoms with van der Waals surface area (Å²) in [6.07, 6.45) is 0. The van der Waals surface area contributed by atoms with Crippen LogP contribution in [0.3, 0.4) is 0 Å². The molecule has 0 atom stereocenters. The summed E-state index contributed by atoms with van der Waals surface area (Å²) in [6.45, 7) is 3.72. The van der Waals surface area contributed by atoms with Crippen molar-refractivity contribution in [3.8, 4) is 11.3 Å². The molecule has 0 unspecified atom stereocenters. The van der Waals surface area contributed by atoms with E-state index >= 15 is 0 Å². The Hall–Kier alpha value is -3.41. The lowest BCUT2D eigenvalue weighted by molar-refractivity contribution is 0.0471. The molecular formula is C20H16N2O4. The van der Waals surface area contributed by atoms with Gasteiger partial charge in [0.15, 0.2) is 5.76 Å². The summed E-state index contributed by atoms with van der Waals surface area (Å²) >= 11 is 0. The van der Waals surface area contributed by atoms with E-state index in [-0.39, 0.29) is 6.61 Å². The van der Waals surface area contributed by atoms with Crippen molar-refractivity contribution in [1.82, 2.24) is 10.3 Å². The van der Waals surface area contributed by atoms with Crippen LogP contribution in [0.15, 0.2) is 57.6 Å². The summed E-state index contributed by atoms with van der Waals surface area (Å²) in [4.78, 5) is 12.5. The first-order valence-electron chi connectivity index (χ1n) is 8.17. The summed E-state index contributed by atoms with van der Waals surface area (Å²) in [6, 6.07) is 14.8. The molecule has 0 aliphatic carbocycles. The van der Waals surface area contributed by atoms with E-state index in [1.807, 2.05) is 37.3 Å². The van der Waals surface area contributed by atoms with E-state index in [0.717, 1.165) is 22.2 Å². The van der Waals surface area contributed by atoms with Crippen LogP contribution < -0.4 is 0 Å². The molecule has 4 rings (SSSR count). The maximum absolute atomic E-state index is 12.5. The van der Waals surface area contributed by atoms with Gasteiger partial charge in [-0.1, -0.05) is 40.6 Å². The lowest BCUT2D eigenvalue weighted by atomic mass is 10.1. The van der Waals surface area contributed by atoms with Crippen molar-refractivity contribution in [3.05, 3.63) is 71.1 Å². The highest BCUT2D eigenvalue weighted by Gasteiger charge is 2.16. The molecule has 130 valence electrons. The Morgan fingerprint density at radius 3 is 2.58 bits per heavy atom. The number of carbonyl (C=O) groups is 1. The molecule has 0 N–H and O–H groups in total. The fourth-order valence-corrected chi connectivity index (χ4v) is 2.80. The molecule has 26 heavy (non-hydrogen) atoms. The van der Waals surface area contributed by atoms with Crippen molar-refractivity contribution < 1.29 is 18.6 Å². The molecule has 6 heteroatoms. The van der Waals surface area contributed by atoms with Crippen LogP contribution in [0.4, 0.5) is 0 Å². The van der Waals surface area contributed by atoms with Crippen molar-refractivity contribution in [3.63, 3.8) is 0 Å². The first kappa shape index (κ1) is 16.1. The standard InChI is InChI=1S/C20H16N2O4/c1-12-17(13(2)25-21-12)11-24-20(23)15-8-9-18-16(10-15)19(26-22-18)14-6-4-3-5-7-14/h3-10H,11H2,1-2H3. The van der Waals surface area contributed by atoms with Crippen LogP contribution in [0.1, 0.15) is 27.4 Å². The molecule has 0 aliphatic rings. The van der Waals surface area contributed by atoms with Crippen molar-refractivity contribution in [2.75, 3.05) is 0 Å². The van der Waals surface area contributed by atoms with E-state index in [2.05, 4.69) is 10.3 Å². The van der Waals surface area contributed by atoms with Gasteiger partial charge in [0.2, 0.25) is 0 Å². The van der Waals surface area contributed by atoms with Gasteiger partial charge in [0.25, 0.3) is 0 Å². The second-order valence-corrected chi connectivity index (χ2v) is 5.99. The van der Waals surface area contributed by atoms with Crippen LogP contribution in [0.25, 0.3) is 22.2 Å². The number of hydrogen-bond donors (Lipinski definition) is 0. The number of carbonyl (C=O) groups excluding carboxylic acids is 1. The molecule has 0 aliphatic heterocycles. The van der Waals surface area contributed by atoms with Crippen LogP contribution >= 0.6 is 0 Å². The van der Waals surface area contributed by atoms with Crippen molar-refractivity contribution in [2.45, 2.75) is 20.5 Å². The number of rotatable bonds is 4. The number of aromatic nitrogens is 2. The molecule has 0 bridgehead atoms. The summed E-state index contributed by atoms with van der Waals surface area (Å²) in [5.41, 5.74) is 3.53. The molecule has 0 saturated carbocycles. The van der Waals surface area contributed by atoms with Gasteiger partial charge in [0.05, 0.1) is 22.2 Å². The number of nitrogens with zero attached hydrogens (tertiary/aromatic N) is 2. The highest BCUT2D eigenvalue weighted by molar-refractivity contribution is 5.98. The highest BCUT2D eigenvalue weighted by Crippen LogP contribution is 2.29. The summed E-state index contributed by atoms with van der Waals surface area (Å²) in [5.74, 6) is 0.851. The van der Waals surface area contributed by atoms with Gasteiger partial charge in [0.1, 0.15) is 17.9 Å². The van der Waals surface area contributed by atoms with Crippen LogP contribution in [0.2, 0.25) is 0 Å². The van der Waals surface area contributed by atoms with Gasteiger partial charge in [0, 0.05) is 5.56 Å². The first-order valence-corrected chi connectivity index (χ1v) is 8.17. The van der Waals surface area contributed by atoms with Crippen LogP contribution in [0.5, 0.6) is 0 Å². The minimum atomic E-state index is -0.424. The van der Waals surface area contributed by atoms with Crippen molar-refractivity contribution in [2.24, 2.45) is 0 Å². The van der Waals surface area contributed by atoms with E-state index in [0.29, 0.717) is 22.6 Å². The normalized spacial score (nSPS) is 11.0. The van der Waals surface area contributed by atoms with E-state index in [9.17, 15) is 4.79 Å². The third kappa shape index (κ3) is 2.86. The predicted octanol–water partition coefficient (Wildman–Crippen LogP) is 4.46. The van der Waals surface area contributed by atoms with Gasteiger partial charge in [-0.15, -0.1) is 0 Å². The van der Waals surface area contributed by atoms with Crippen LogP contribution in [-0.2, 0) is 11.3 Å². The smallest absolute Gasteiger partial charge is 0.338 e. The van der Waals surface area contributed by atoms with Gasteiger partial charge >= 0.3 is 5.97 Å². The number of benzene rings is 2. The zero-order chi connectivity index (χ0) is 18.1.